The first-order valence-corrected chi connectivity index (χ1v) is 7.09. The van der Waals surface area contributed by atoms with Crippen molar-refractivity contribution in [3.8, 4) is 11.5 Å². The molecule has 2 aromatic rings. The number of ether oxygens (including phenoxy) is 2. The predicted molar refractivity (Wildman–Crippen MR) is 81.9 cm³/mol. The van der Waals surface area contributed by atoms with Gasteiger partial charge in [-0.25, -0.2) is 0 Å². The van der Waals surface area contributed by atoms with Gasteiger partial charge in [0.05, 0.1) is 0 Å². The van der Waals surface area contributed by atoms with E-state index in [-0.39, 0.29) is 24.8 Å². The summed E-state index contributed by atoms with van der Waals surface area (Å²) in [6.45, 7) is -2.75. The summed E-state index contributed by atoms with van der Waals surface area (Å²) >= 11 is 5.81. The molecule has 0 aliphatic rings. The van der Waals surface area contributed by atoms with Crippen molar-refractivity contribution < 1.29 is 23.0 Å². The molecule has 122 valence electrons. The molecule has 0 bridgehead atoms. The van der Waals surface area contributed by atoms with Crippen LogP contribution < -0.4 is 14.8 Å². The van der Waals surface area contributed by atoms with Gasteiger partial charge in [-0.3, -0.25) is 4.79 Å². The van der Waals surface area contributed by atoms with Crippen molar-refractivity contribution in [2.24, 2.45) is 0 Å². The minimum Gasteiger partial charge on any atom is -0.484 e. The van der Waals surface area contributed by atoms with Crippen molar-refractivity contribution in [1.29, 1.82) is 0 Å². The second-order valence-electron chi connectivity index (χ2n) is 4.55. The van der Waals surface area contributed by atoms with Gasteiger partial charge in [-0.15, -0.1) is 0 Å². The van der Waals surface area contributed by atoms with Crippen molar-refractivity contribution in [2.75, 3.05) is 6.61 Å². The second-order valence-corrected chi connectivity index (χ2v) is 4.98. The fraction of sp³-hybridized carbons (Fsp3) is 0.188. The normalized spacial score (nSPS) is 10.4. The molecule has 0 aliphatic carbocycles. The van der Waals surface area contributed by atoms with Gasteiger partial charge in [0.25, 0.3) is 5.91 Å². The van der Waals surface area contributed by atoms with Gasteiger partial charge >= 0.3 is 6.61 Å². The molecule has 0 atom stereocenters. The summed E-state index contributed by atoms with van der Waals surface area (Å²) in [6.07, 6.45) is 0. The van der Waals surface area contributed by atoms with Crippen LogP contribution in [0.15, 0.2) is 48.5 Å². The Morgan fingerprint density at radius 3 is 2.52 bits per heavy atom. The van der Waals surface area contributed by atoms with Crippen molar-refractivity contribution in [1.82, 2.24) is 5.32 Å². The third-order valence-electron chi connectivity index (χ3n) is 2.80. The molecular weight excluding hydrogens is 328 g/mol. The van der Waals surface area contributed by atoms with Gasteiger partial charge in [-0.2, -0.15) is 8.78 Å². The zero-order valence-corrected chi connectivity index (χ0v) is 12.7. The highest BCUT2D eigenvalue weighted by molar-refractivity contribution is 6.30. The Labute approximate surface area is 137 Å². The molecule has 23 heavy (non-hydrogen) atoms. The SMILES string of the molecule is O=C(COc1cccc(Cl)c1)NCc1ccc(OC(F)F)cc1. The number of rotatable bonds is 7. The minimum atomic E-state index is -2.86. The molecule has 0 radical (unpaired) electrons. The highest BCUT2D eigenvalue weighted by Crippen LogP contribution is 2.17. The van der Waals surface area contributed by atoms with Gasteiger partial charge in [-0.1, -0.05) is 29.8 Å². The summed E-state index contributed by atoms with van der Waals surface area (Å²) in [6, 6.07) is 12.7. The quantitative estimate of drug-likeness (QED) is 0.836. The number of alkyl halides is 2. The first-order chi connectivity index (χ1) is 11.0. The number of carbonyl (C=O) groups is 1. The maximum absolute atomic E-state index is 12.0. The lowest BCUT2D eigenvalue weighted by Crippen LogP contribution is -2.28. The molecule has 0 saturated heterocycles. The van der Waals surface area contributed by atoms with Crippen molar-refractivity contribution in [3.63, 3.8) is 0 Å². The van der Waals surface area contributed by atoms with Crippen molar-refractivity contribution >= 4 is 17.5 Å². The first kappa shape index (κ1) is 17.0. The molecule has 0 heterocycles. The van der Waals surface area contributed by atoms with E-state index in [0.717, 1.165) is 5.56 Å². The lowest BCUT2D eigenvalue weighted by molar-refractivity contribution is -0.123. The maximum atomic E-state index is 12.0. The maximum Gasteiger partial charge on any atom is 0.387 e. The Balaban J connectivity index is 1.75. The van der Waals surface area contributed by atoms with E-state index < -0.39 is 6.61 Å². The number of nitrogens with one attached hydrogen (secondary N) is 1. The zero-order valence-electron chi connectivity index (χ0n) is 12.0. The van der Waals surface area contributed by atoms with E-state index in [1.165, 1.54) is 12.1 Å². The molecule has 1 N–H and O–H groups in total. The van der Waals surface area contributed by atoms with Crippen LogP contribution in [0.25, 0.3) is 0 Å². The van der Waals surface area contributed by atoms with Gasteiger partial charge in [0.1, 0.15) is 11.5 Å². The van der Waals surface area contributed by atoms with E-state index in [9.17, 15) is 13.6 Å². The van der Waals surface area contributed by atoms with E-state index in [4.69, 9.17) is 16.3 Å². The van der Waals surface area contributed by atoms with Crippen LogP contribution in [0.5, 0.6) is 11.5 Å². The summed E-state index contributed by atoms with van der Waals surface area (Å²) < 4.78 is 33.6. The number of amides is 1. The molecule has 4 nitrogen and oxygen atoms in total. The second kappa shape index (κ2) is 8.33. The number of hydrogen-bond acceptors (Lipinski definition) is 3. The van der Waals surface area contributed by atoms with Crippen LogP contribution in [0.3, 0.4) is 0 Å². The summed E-state index contributed by atoms with van der Waals surface area (Å²) in [5.41, 5.74) is 0.753. The lowest BCUT2D eigenvalue weighted by atomic mass is 10.2. The largest absolute Gasteiger partial charge is 0.484 e. The van der Waals surface area contributed by atoms with Gasteiger partial charge in [0.15, 0.2) is 6.61 Å². The molecular formula is C16H14ClF2NO3. The molecule has 0 aliphatic heterocycles. The van der Waals surface area contributed by atoms with Crippen molar-refractivity contribution in [3.05, 3.63) is 59.1 Å². The standard InChI is InChI=1S/C16H14ClF2NO3/c17-12-2-1-3-14(8-12)22-10-15(21)20-9-11-4-6-13(7-5-11)23-16(18)19/h1-8,16H,9-10H2,(H,20,21). The number of carbonyl (C=O) groups excluding carboxylic acids is 1. The summed E-state index contributed by atoms with van der Waals surface area (Å²) in [4.78, 5) is 11.7. The van der Waals surface area contributed by atoms with Crippen LogP contribution in [-0.2, 0) is 11.3 Å². The van der Waals surface area contributed by atoms with E-state index in [1.54, 1.807) is 36.4 Å². The van der Waals surface area contributed by atoms with Crippen LogP contribution >= 0.6 is 11.6 Å². The molecule has 0 saturated carbocycles. The van der Waals surface area contributed by atoms with Crippen molar-refractivity contribution in [2.45, 2.75) is 13.2 Å². The third-order valence-corrected chi connectivity index (χ3v) is 3.04. The average molecular weight is 342 g/mol. The van der Waals surface area contributed by atoms with Gasteiger partial charge in [0, 0.05) is 11.6 Å². The van der Waals surface area contributed by atoms with Crippen LogP contribution in [0.2, 0.25) is 5.02 Å². The monoisotopic (exact) mass is 341 g/mol. The lowest BCUT2D eigenvalue weighted by Gasteiger charge is -2.09. The fourth-order valence-electron chi connectivity index (χ4n) is 1.75. The average Bonchev–Trinajstić information content (AvgIpc) is 2.52. The van der Waals surface area contributed by atoms with E-state index in [2.05, 4.69) is 10.1 Å². The molecule has 7 heteroatoms. The first-order valence-electron chi connectivity index (χ1n) is 6.72. The van der Waals surface area contributed by atoms with E-state index in [1.807, 2.05) is 0 Å². The molecule has 0 aromatic heterocycles. The van der Waals surface area contributed by atoms with E-state index in [0.29, 0.717) is 10.8 Å². The van der Waals surface area contributed by atoms with E-state index >= 15 is 0 Å². The predicted octanol–water partition coefficient (Wildman–Crippen LogP) is 3.64. The summed E-state index contributed by atoms with van der Waals surface area (Å²) in [5, 5.41) is 3.18. The van der Waals surface area contributed by atoms with Crippen LogP contribution in [0.1, 0.15) is 5.56 Å². The Kier molecular flexibility index (Phi) is 6.17. The number of benzene rings is 2. The Bertz CT molecular complexity index is 650. The Morgan fingerprint density at radius 2 is 1.87 bits per heavy atom. The highest BCUT2D eigenvalue weighted by Gasteiger charge is 2.05. The number of hydrogen-bond donors (Lipinski definition) is 1. The third kappa shape index (κ3) is 6.12. The smallest absolute Gasteiger partial charge is 0.387 e. The van der Waals surface area contributed by atoms with Gasteiger partial charge in [0.2, 0.25) is 0 Å². The molecule has 2 rings (SSSR count). The fourth-order valence-corrected chi connectivity index (χ4v) is 1.93. The summed E-state index contributed by atoms with van der Waals surface area (Å²) in [5.74, 6) is 0.262. The van der Waals surface area contributed by atoms with Gasteiger partial charge in [-0.05, 0) is 35.9 Å². The van der Waals surface area contributed by atoms with Crippen LogP contribution in [-0.4, -0.2) is 19.1 Å². The van der Waals surface area contributed by atoms with Crippen LogP contribution in [0, 0.1) is 0 Å². The zero-order chi connectivity index (χ0) is 16.7. The number of halogens is 3. The molecule has 0 spiro atoms. The molecule has 2 aromatic carbocycles. The Hall–Kier alpha value is -2.34. The summed E-state index contributed by atoms with van der Waals surface area (Å²) in [7, 11) is 0. The van der Waals surface area contributed by atoms with Gasteiger partial charge < -0.3 is 14.8 Å². The topological polar surface area (TPSA) is 47.6 Å². The highest BCUT2D eigenvalue weighted by atomic mass is 35.5. The Morgan fingerprint density at radius 1 is 1.13 bits per heavy atom. The molecule has 0 unspecified atom stereocenters. The molecule has 1 amide bonds. The minimum absolute atomic E-state index is 0.0689. The molecule has 0 fully saturated rings. The van der Waals surface area contributed by atoms with Crippen LogP contribution in [0.4, 0.5) is 8.78 Å².